The van der Waals surface area contributed by atoms with Crippen molar-refractivity contribution < 1.29 is 33.8 Å². The Morgan fingerprint density at radius 2 is 1.78 bits per heavy atom. The molecule has 1 aliphatic rings. The summed E-state index contributed by atoms with van der Waals surface area (Å²) in [5, 5.41) is 16.1. The van der Waals surface area contributed by atoms with Crippen molar-refractivity contribution in [3.8, 4) is 0 Å². The van der Waals surface area contributed by atoms with E-state index in [2.05, 4.69) is 16.0 Å². The molecule has 0 bridgehead atoms. The highest BCUT2D eigenvalue weighted by molar-refractivity contribution is 5.92. The SMILES string of the molecule is CC(=O)N[C@@H]1C[C@@H]1O[C@H](C)C(=O)N[C@@H](C)C(=O)N[C@H](CCC(=O)O)C(N)=O. The molecule has 11 heteroatoms. The van der Waals surface area contributed by atoms with Gasteiger partial charge < -0.3 is 31.5 Å². The first-order valence-electron chi connectivity index (χ1n) is 8.55. The number of hydrogen-bond donors (Lipinski definition) is 5. The zero-order valence-corrected chi connectivity index (χ0v) is 15.5. The number of nitrogens with one attached hydrogen (secondary N) is 3. The molecule has 0 saturated heterocycles. The van der Waals surface area contributed by atoms with Crippen molar-refractivity contribution in [1.29, 1.82) is 0 Å². The Labute approximate surface area is 156 Å². The molecule has 11 nitrogen and oxygen atoms in total. The number of hydrogen-bond acceptors (Lipinski definition) is 6. The van der Waals surface area contributed by atoms with Crippen molar-refractivity contribution in [1.82, 2.24) is 16.0 Å². The van der Waals surface area contributed by atoms with E-state index in [4.69, 9.17) is 15.6 Å². The molecule has 27 heavy (non-hydrogen) atoms. The fourth-order valence-electron chi connectivity index (χ4n) is 2.31. The second kappa shape index (κ2) is 9.86. The Morgan fingerprint density at radius 1 is 1.15 bits per heavy atom. The van der Waals surface area contributed by atoms with Gasteiger partial charge in [-0.15, -0.1) is 0 Å². The molecule has 0 aromatic heterocycles. The maximum absolute atomic E-state index is 12.1. The Morgan fingerprint density at radius 3 is 2.30 bits per heavy atom. The van der Waals surface area contributed by atoms with E-state index < -0.39 is 41.9 Å². The molecule has 5 atom stereocenters. The Kier molecular flexibility index (Phi) is 8.16. The molecule has 0 radical (unpaired) electrons. The molecular formula is C16H26N4O7. The van der Waals surface area contributed by atoms with Gasteiger partial charge in [0.15, 0.2) is 0 Å². The lowest BCUT2D eigenvalue weighted by molar-refractivity contribution is -0.138. The number of nitrogens with two attached hydrogens (primary N) is 1. The second-order valence-electron chi connectivity index (χ2n) is 6.49. The summed E-state index contributed by atoms with van der Waals surface area (Å²) in [5.41, 5.74) is 5.15. The van der Waals surface area contributed by atoms with Crippen LogP contribution in [0.2, 0.25) is 0 Å². The van der Waals surface area contributed by atoms with Gasteiger partial charge in [-0.2, -0.15) is 0 Å². The molecule has 152 valence electrons. The van der Waals surface area contributed by atoms with Crippen LogP contribution < -0.4 is 21.7 Å². The molecule has 1 fully saturated rings. The smallest absolute Gasteiger partial charge is 0.303 e. The average Bonchev–Trinajstić information content (AvgIpc) is 3.26. The molecule has 1 rings (SSSR count). The molecular weight excluding hydrogens is 360 g/mol. The summed E-state index contributed by atoms with van der Waals surface area (Å²) in [4.78, 5) is 57.1. The highest BCUT2D eigenvalue weighted by atomic mass is 16.5. The van der Waals surface area contributed by atoms with Crippen molar-refractivity contribution in [2.24, 2.45) is 5.73 Å². The van der Waals surface area contributed by atoms with Gasteiger partial charge in [-0.1, -0.05) is 0 Å². The predicted octanol–water partition coefficient (Wildman–Crippen LogP) is -1.99. The molecule has 0 aliphatic heterocycles. The monoisotopic (exact) mass is 386 g/mol. The van der Waals surface area contributed by atoms with E-state index in [0.717, 1.165) is 0 Å². The topological polar surface area (TPSA) is 177 Å². The number of carboxylic acid groups (broad SMARTS) is 1. The fraction of sp³-hybridized carbons (Fsp3) is 0.688. The molecule has 1 saturated carbocycles. The third-order valence-electron chi connectivity index (χ3n) is 3.93. The highest BCUT2D eigenvalue weighted by Crippen LogP contribution is 2.26. The van der Waals surface area contributed by atoms with Crippen molar-refractivity contribution in [3.05, 3.63) is 0 Å². The molecule has 6 N–H and O–H groups in total. The van der Waals surface area contributed by atoms with Crippen molar-refractivity contribution >= 4 is 29.6 Å². The summed E-state index contributed by atoms with van der Waals surface area (Å²) in [7, 11) is 0. The molecule has 0 spiro atoms. The summed E-state index contributed by atoms with van der Waals surface area (Å²) < 4.78 is 5.50. The number of rotatable bonds is 11. The van der Waals surface area contributed by atoms with Crippen LogP contribution in [0.3, 0.4) is 0 Å². The number of ether oxygens (including phenoxy) is 1. The lowest BCUT2D eigenvalue weighted by Crippen LogP contribution is -2.53. The minimum absolute atomic E-state index is 0.121. The van der Waals surface area contributed by atoms with Crippen LogP contribution in [-0.4, -0.2) is 65.0 Å². The Balaban J connectivity index is 2.44. The maximum Gasteiger partial charge on any atom is 0.303 e. The van der Waals surface area contributed by atoms with E-state index >= 15 is 0 Å². The van der Waals surface area contributed by atoms with Crippen molar-refractivity contribution in [2.45, 2.75) is 70.4 Å². The zero-order chi connectivity index (χ0) is 20.7. The summed E-state index contributed by atoms with van der Waals surface area (Å²) in [5.74, 6) is -3.38. The Bertz CT molecular complexity index is 610. The van der Waals surface area contributed by atoms with E-state index in [1.54, 1.807) is 0 Å². The number of carbonyl (C=O) groups excluding carboxylic acids is 4. The summed E-state index contributed by atoms with van der Waals surface area (Å²) >= 11 is 0. The van der Waals surface area contributed by atoms with Crippen LogP contribution in [0, 0.1) is 0 Å². The number of carboxylic acids is 1. The van der Waals surface area contributed by atoms with Crippen LogP contribution in [0.15, 0.2) is 0 Å². The third kappa shape index (κ3) is 8.03. The lowest BCUT2D eigenvalue weighted by Gasteiger charge is -2.20. The van der Waals surface area contributed by atoms with Crippen LogP contribution in [0.1, 0.15) is 40.0 Å². The number of aliphatic carboxylic acids is 1. The van der Waals surface area contributed by atoms with Gasteiger partial charge in [0, 0.05) is 13.3 Å². The molecule has 1 aliphatic carbocycles. The van der Waals surface area contributed by atoms with E-state index in [0.29, 0.717) is 6.42 Å². The summed E-state index contributed by atoms with van der Waals surface area (Å²) in [6.45, 7) is 4.32. The minimum atomic E-state index is -1.15. The van der Waals surface area contributed by atoms with Crippen molar-refractivity contribution in [3.63, 3.8) is 0 Å². The quantitative estimate of drug-likeness (QED) is 0.273. The minimum Gasteiger partial charge on any atom is -0.481 e. The van der Waals surface area contributed by atoms with Gasteiger partial charge in [0.05, 0.1) is 12.1 Å². The van der Waals surface area contributed by atoms with Gasteiger partial charge in [0.25, 0.3) is 0 Å². The number of primary amides is 1. The van der Waals surface area contributed by atoms with Crippen LogP contribution >= 0.6 is 0 Å². The molecule has 0 aromatic rings. The van der Waals surface area contributed by atoms with Crippen LogP contribution in [0.4, 0.5) is 0 Å². The molecule has 0 heterocycles. The summed E-state index contributed by atoms with van der Waals surface area (Å²) in [6, 6.07) is -2.25. The zero-order valence-electron chi connectivity index (χ0n) is 15.5. The van der Waals surface area contributed by atoms with Gasteiger partial charge in [-0.3, -0.25) is 24.0 Å². The maximum atomic E-state index is 12.1. The number of amides is 4. The van der Waals surface area contributed by atoms with Crippen molar-refractivity contribution in [2.75, 3.05) is 0 Å². The summed E-state index contributed by atoms with van der Waals surface area (Å²) in [6.07, 6.45) is -0.979. The highest BCUT2D eigenvalue weighted by Gasteiger charge is 2.41. The van der Waals surface area contributed by atoms with Crippen LogP contribution in [0.25, 0.3) is 0 Å². The number of carbonyl (C=O) groups is 5. The average molecular weight is 386 g/mol. The van der Waals surface area contributed by atoms with E-state index in [-0.39, 0.29) is 30.9 Å². The fourth-order valence-corrected chi connectivity index (χ4v) is 2.31. The molecule has 0 aromatic carbocycles. The first-order valence-corrected chi connectivity index (χ1v) is 8.55. The van der Waals surface area contributed by atoms with E-state index in [1.807, 2.05) is 0 Å². The van der Waals surface area contributed by atoms with E-state index in [1.165, 1.54) is 20.8 Å². The van der Waals surface area contributed by atoms with E-state index in [9.17, 15) is 24.0 Å². The van der Waals surface area contributed by atoms with Gasteiger partial charge in [0.1, 0.15) is 18.2 Å². The predicted molar refractivity (Wildman–Crippen MR) is 92.2 cm³/mol. The van der Waals surface area contributed by atoms with Gasteiger partial charge in [0.2, 0.25) is 23.6 Å². The first kappa shape index (κ1) is 22.4. The van der Waals surface area contributed by atoms with Gasteiger partial charge in [-0.05, 0) is 26.7 Å². The van der Waals surface area contributed by atoms with Gasteiger partial charge in [-0.25, -0.2) is 0 Å². The van der Waals surface area contributed by atoms with Crippen LogP contribution in [0.5, 0.6) is 0 Å². The normalized spacial score (nSPS) is 21.3. The molecule has 0 unspecified atom stereocenters. The first-order chi connectivity index (χ1) is 12.5. The van der Waals surface area contributed by atoms with Gasteiger partial charge >= 0.3 is 5.97 Å². The largest absolute Gasteiger partial charge is 0.481 e. The lowest BCUT2D eigenvalue weighted by atomic mass is 10.1. The van der Waals surface area contributed by atoms with Crippen LogP contribution in [-0.2, 0) is 28.7 Å². The third-order valence-corrected chi connectivity index (χ3v) is 3.93. The second-order valence-corrected chi connectivity index (χ2v) is 6.49. The Hall–Kier alpha value is -2.69. The standard InChI is InChI=1S/C16H26N4O7/c1-7(15(25)20-10(14(17)24)4-5-13(22)23)18-16(26)8(2)27-12-6-11(12)19-9(3)21/h7-8,10-12H,4-6H2,1-3H3,(H2,17,24)(H,18,26)(H,19,21)(H,20,25)(H,22,23)/t7-,8+,10+,11+,12-/m0/s1. The molecule has 4 amide bonds.